The molecule has 0 saturated heterocycles. The van der Waals surface area contributed by atoms with E-state index < -0.39 is 26.5 Å². The highest BCUT2D eigenvalue weighted by atomic mass is 31.2. The molecule has 0 aromatic rings. The lowest BCUT2D eigenvalue weighted by Gasteiger charge is -2.24. The molecule has 50 heavy (non-hydrogen) atoms. The highest BCUT2D eigenvalue weighted by molar-refractivity contribution is 7.47. The van der Waals surface area contributed by atoms with E-state index in [-0.39, 0.29) is 25.6 Å². The zero-order chi connectivity index (χ0) is 37.2. The number of esters is 2. The lowest BCUT2D eigenvalue weighted by Crippen LogP contribution is -2.37. The molecule has 0 aliphatic carbocycles. The molecule has 0 saturated carbocycles. The molecule has 0 radical (unpaired) electrons. The third-order valence-corrected chi connectivity index (χ3v) is 10.1. The van der Waals surface area contributed by atoms with E-state index in [1.165, 1.54) is 128 Å². The van der Waals surface area contributed by atoms with Crippen LogP contribution in [0.3, 0.4) is 0 Å². The van der Waals surface area contributed by atoms with E-state index >= 15 is 0 Å². The van der Waals surface area contributed by atoms with Crippen LogP contribution in [0.4, 0.5) is 0 Å². The van der Waals surface area contributed by atoms with Crippen molar-refractivity contribution >= 4 is 19.8 Å². The van der Waals surface area contributed by atoms with Gasteiger partial charge in [0.15, 0.2) is 6.10 Å². The number of ether oxygens (including phenoxy) is 2. The summed E-state index contributed by atoms with van der Waals surface area (Å²) in [5.41, 5.74) is 0. The zero-order valence-electron chi connectivity index (χ0n) is 33.4. The number of hydrogen-bond donors (Lipinski definition) is 1. The molecule has 0 aliphatic rings. The van der Waals surface area contributed by atoms with Crippen molar-refractivity contribution in [2.45, 2.75) is 200 Å². The van der Waals surface area contributed by atoms with Gasteiger partial charge in [-0.25, -0.2) is 4.57 Å². The first-order valence-electron chi connectivity index (χ1n) is 20.8. The van der Waals surface area contributed by atoms with E-state index in [1.807, 2.05) is 21.1 Å². The minimum Gasteiger partial charge on any atom is -0.462 e. The summed E-state index contributed by atoms with van der Waals surface area (Å²) in [6.07, 6.45) is 31.7. The molecule has 0 aromatic carbocycles. The molecule has 1 N–H and O–H groups in total. The molecule has 0 bridgehead atoms. The number of phosphoric acid groups is 1. The maximum absolute atomic E-state index is 12.6. The second-order valence-electron chi connectivity index (χ2n) is 15.4. The maximum Gasteiger partial charge on any atom is 0.472 e. The van der Waals surface area contributed by atoms with Gasteiger partial charge in [-0.2, -0.15) is 0 Å². The van der Waals surface area contributed by atoms with E-state index in [9.17, 15) is 19.0 Å². The molecule has 2 atom stereocenters. The largest absolute Gasteiger partial charge is 0.472 e. The predicted octanol–water partition coefficient (Wildman–Crippen LogP) is 11.2. The summed E-state index contributed by atoms with van der Waals surface area (Å²) in [6.45, 7) is 4.40. The van der Waals surface area contributed by atoms with Crippen molar-refractivity contribution in [3.63, 3.8) is 0 Å². The first kappa shape index (κ1) is 49.0. The number of nitrogens with zero attached hydrogens (tertiary/aromatic N) is 1. The Balaban J connectivity index is 4.21. The lowest BCUT2D eigenvalue weighted by molar-refractivity contribution is -0.870. The molecule has 0 aromatic heterocycles. The fourth-order valence-corrected chi connectivity index (χ4v) is 6.58. The van der Waals surface area contributed by atoms with Crippen LogP contribution >= 0.6 is 7.82 Å². The van der Waals surface area contributed by atoms with Gasteiger partial charge >= 0.3 is 19.8 Å². The average molecular weight is 735 g/mol. The molecule has 10 heteroatoms. The quantitative estimate of drug-likeness (QED) is 0.0289. The topological polar surface area (TPSA) is 108 Å². The van der Waals surface area contributed by atoms with E-state index in [0.29, 0.717) is 17.4 Å². The third kappa shape index (κ3) is 36.8. The van der Waals surface area contributed by atoms with E-state index in [2.05, 4.69) is 13.8 Å². The predicted molar refractivity (Wildman–Crippen MR) is 206 cm³/mol. The number of rotatable bonds is 38. The molecule has 0 fully saturated rings. The minimum atomic E-state index is -4.36. The Kier molecular flexibility index (Phi) is 33.2. The Morgan fingerprint density at radius 1 is 0.540 bits per heavy atom. The molecule has 2 unspecified atom stereocenters. The van der Waals surface area contributed by atoms with Crippen LogP contribution in [-0.2, 0) is 32.7 Å². The van der Waals surface area contributed by atoms with Crippen molar-refractivity contribution in [1.82, 2.24) is 0 Å². The highest BCUT2D eigenvalue weighted by Crippen LogP contribution is 2.43. The van der Waals surface area contributed by atoms with Crippen LogP contribution in [0.2, 0.25) is 0 Å². The lowest BCUT2D eigenvalue weighted by atomic mass is 10.0. The van der Waals surface area contributed by atoms with Gasteiger partial charge in [-0.15, -0.1) is 0 Å². The number of carbonyl (C=O) groups excluding carboxylic acids is 2. The van der Waals surface area contributed by atoms with Crippen LogP contribution in [0.25, 0.3) is 0 Å². The number of carbonyl (C=O) groups is 2. The first-order valence-corrected chi connectivity index (χ1v) is 22.3. The third-order valence-electron chi connectivity index (χ3n) is 9.14. The van der Waals surface area contributed by atoms with Gasteiger partial charge in [0.2, 0.25) is 0 Å². The van der Waals surface area contributed by atoms with Crippen molar-refractivity contribution in [2.24, 2.45) is 0 Å². The van der Waals surface area contributed by atoms with Crippen LogP contribution in [-0.4, -0.2) is 74.9 Å². The summed E-state index contributed by atoms with van der Waals surface area (Å²) in [5.74, 6) is -0.794. The SMILES string of the molecule is CCCCCCCCCCCCCCCCCCCCCC(=O)OC(COC(=O)CCCCCCCCC)COP(=O)(O)OCC[N+](C)(C)C. The van der Waals surface area contributed by atoms with E-state index in [1.54, 1.807) is 0 Å². The smallest absolute Gasteiger partial charge is 0.462 e. The average Bonchev–Trinajstić information content (AvgIpc) is 3.06. The standard InChI is InChI=1S/C40H80NO8P/c1-6-8-10-12-14-15-16-17-18-19-20-21-22-23-24-25-27-29-31-33-40(43)49-38(37-48-50(44,45)47-35-34-41(3,4)5)36-46-39(42)32-30-28-26-13-11-9-7-2/h38H,6-37H2,1-5H3/p+1. The molecule has 0 spiro atoms. The molecular weight excluding hydrogens is 653 g/mol. The molecule has 0 heterocycles. The number of phosphoric ester groups is 1. The van der Waals surface area contributed by atoms with Gasteiger partial charge in [-0.1, -0.05) is 168 Å². The molecule has 0 aliphatic heterocycles. The number of unbranched alkanes of at least 4 members (excludes halogenated alkanes) is 24. The number of hydrogen-bond acceptors (Lipinski definition) is 7. The van der Waals surface area contributed by atoms with Gasteiger partial charge in [-0.05, 0) is 12.8 Å². The summed E-state index contributed by atoms with van der Waals surface area (Å²) in [6, 6.07) is 0. The van der Waals surface area contributed by atoms with Crippen LogP contribution in [0.5, 0.6) is 0 Å². The Morgan fingerprint density at radius 3 is 1.28 bits per heavy atom. The first-order chi connectivity index (χ1) is 24.0. The summed E-state index contributed by atoms with van der Waals surface area (Å²) in [7, 11) is 1.49. The Hall–Kier alpha value is -0.990. The summed E-state index contributed by atoms with van der Waals surface area (Å²) in [5, 5.41) is 0. The van der Waals surface area contributed by atoms with Crippen molar-refractivity contribution in [2.75, 3.05) is 47.5 Å². The van der Waals surface area contributed by atoms with E-state index in [0.717, 1.165) is 38.5 Å². The summed E-state index contributed by atoms with van der Waals surface area (Å²) < 4.78 is 34.1. The molecule has 298 valence electrons. The monoisotopic (exact) mass is 735 g/mol. The van der Waals surface area contributed by atoms with Crippen LogP contribution in [0.15, 0.2) is 0 Å². The van der Waals surface area contributed by atoms with E-state index in [4.69, 9.17) is 18.5 Å². The minimum absolute atomic E-state index is 0.0363. The normalized spacial score (nSPS) is 13.6. The van der Waals surface area contributed by atoms with Crippen molar-refractivity contribution < 1.29 is 42.1 Å². The molecule has 0 rings (SSSR count). The van der Waals surface area contributed by atoms with Crippen LogP contribution < -0.4 is 0 Å². The van der Waals surface area contributed by atoms with Crippen molar-refractivity contribution in [3.05, 3.63) is 0 Å². The molecular formula is C40H81NO8P+. The second kappa shape index (κ2) is 33.8. The van der Waals surface area contributed by atoms with Gasteiger partial charge < -0.3 is 18.9 Å². The highest BCUT2D eigenvalue weighted by Gasteiger charge is 2.27. The zero-order valence-corrected chi connectivity index (χ0v) is 34.3. The van der Waals surface area contributed by atoms with Gasteiger partial charge in [0.05, 0.1) is 27.7 Å². The fraction of sp³-hybridized carbons (Fsp3) is 0.950. The Labute approximate surface area is 308 Å². The number of quaternary nitrogens is 1. The Morgan fingerprint density at radius 2 is 0.900 bits per heavy atom. The Bertz CT molecular complexity index is 835. The molecule has 9 nitrogen and oxygen atoms in total. The second-order valence-corrected chi connectivity index (χ2v) is 16.8. The number of likely N-dealkylation sites (N-methyl/N-ethyl adjacent to an activating group) is 1. The van der Waals surface area contributed by atoms with Crippen molar-refractivity contribution in [1.29, 1.82) is 0 Å². The molecule has 0 amide bonds. The van der Waals surface area contributed by atoms with Gasteiger partial charge in [0.1, 0.15) is 19.8 Å². The summed E-state index contributed by atoms with van der Waals surface area (Å²) in [4.78, 5) is 35.1. The fourth-order valence-electron chi connectivity index (χ4n) is 5.84. The summed E-state index contributed by atoms with van der Waals surface area (Å²) >= 11 is 0. The van der Waals surface area contributed by atoms with Gasteiger partial charge in [-0.3, -0.25) is 18.6 Å². The van der Waals surface area contributed by atoms with Crippen molar-refractivity contribution in [3.8, 4) is 0 Å². The van der Waals surface area contributed by atoms with Gasteiger partial charge in [0.25, 0.3) is 0 Å². The van der Waals surface area contributed by atoms with Crippen LogP contribution in [0, 0.1) is 0 Å². The maximum atomic E-state index is 12.6. The van der Waals surface area contributed by atoms with Crippen LogP contribution in [0.1, 0.15) is 194 Å². The van der Waals surface area contributed by atoms with Gasteiger partial charge in [0, 0.05) is 12.8 Å².